The quantitative estimate of drug-likeness (QED) is 0.717. The number of methoxy groups -OCH3 is 1. The first kappa shape index (κ1) is 16.8. The Labute approximate surface area is 145 Å². The molecule has 128 valence electrons. The zero-order valence-corrected chi connectivity index (χ0v) is 14.5. The van der Waals surface area contributed by atoms with Crippen molar-refractivity contribution in [1.29, 1.82) is 0 Å². The number of aromatic amines is 1. The van der Waals surface area contributed by atoms with Crippen molar-refractivity contribution in [2.75, 3.05) is 13.7 Å². The number of hydrogen-bond acceptors (Lipinski definition) is 4. The molecule has 0 amide bonds. The summed E-state index contributed by atoms with van der Waals surface area (Å²) in [6.45, 7) is 4.51. The summed E-state index contributed by atoms with van der Waals surface area (Å²) in [4.78, 5) is 19.6. The lowest BCUT2D eigenvalue weighted by Crippen LogP contribution is -2.09. The van der Waals surface area contributed by atoms with Gasteiger partial charge in [0, 0.05) is 5.56 Å². The number of H-pyrrole nitrogens is 1. The maximum Gasteiger partial charge on any atom is 0.259 e. The zero-order chi connectivity index (χ0) is 17.8. The van der Waals surface area contributed by atoms with E-state index in [1.54, 1.807) is 13.2 Å². The minimum atomic E-state index is -0.163. The number of hydrogen-bond donors (Lipinski definition) is 1. The summed E-state index contributed by atoms with van der Waals surface area (Å²) in [5, 5.41) is 0.569. The molecule has 0 aliphatic rings. The van der Waals surface area contributed by atoms with Crippen LogP contribution in [0.3, 0.4) is 0 Å². The van der Waals surface area contributed by atoms with Gasteiger partial charge in [-0.1, -0.05) is 17.7 Å². The smallest absolute Gasteiger partial charge is 0.259 e. The van der Waals surface area contributed by atoms with E-state index in [1.165, 1.54) is 5.57 Å². The molecule has 0 saturated heterocycles. The zero-order valence-electron chi connectivity index (χ0n) is 14.5. The molecule has 5 nitrogen and oxygen atoms in total. The van der Waals surface area contributed by atoms with Crippen molar-refractivity contribution in [1.82, 2.24) is 9.97 Å². The Balaban J connectivity index is 1.98. The summed E-state index contributed by atoms with van der Waals surface area (Å²) >= 11 is 0. The van der Waals surface area contributed by atoms with Gasteiger partial charge in [-0.15, -0.1) is 0 Å². The van der Waals surface area contributed by atoms with Crippen molar-refractivity contribution >= 4 is 10.9 Å². The van der Waals surface area contributed by atoms with Gasteiger partial charge < -0.3 is 14.5 Å². The molecule has 0 aliphatic carbocycles. The Bertz CT molecular complexity index is 986. The Morgan fingerprint density at radius 2 is 1.96 bits per heavy atom. The van der Waals surface area contributed by atoms with E-state index < -0.39 is 0 Å². The summed E-state index contributed by atoms with van der Waals surface area (Å²) in [5.74, 6) is 1.74. The Hall–Kier alpha value is -3.08. The van der Waals surface area contributed by atoms with Crippen LogP contribution in [0.25, 0.3) is 22.3 Å². The largest absolute Gasteiger partial charge is 0.493 e. The van der Waals surface area contributed by atoms with E-state index in [0.29, 0.717) is 34.8 Å². The van der Waals surface area contributed by atoms with Crippen LogP contribution >= 0.6 is 0 Å². The molecule has 0 spiro atoms. The number of allylic oxidation sites excluding steroid dienone is 1. The Morgan fingerprint density at radius 1 is 1.16 bits per heavy atom. The van der Waals surface area contributed by atoms with Gasteiger partial charge in [0.15, 0.2) is 11.5 Å². The van der Waals surface area contributed by atoms with Crippen LogP contribution in [0.5, 0.6) is 11.5 Å². The molecule has 5 heteroatoms. The van der Waals surface area contributed by atoms with Crippen LogP contribution in [0.4, 0.5) is 0 Å². The fourth-order valence-corrected chi connectivity index (χ4v) is 2.46. The molecule has 3 aromatic rings. The van der Waals surface area contributed by atoms with Crippen LogP contribution in [-0.2, 0) is 0 Å². The molecule has 0 bridgehead atoms. The third-order valence-corrected chi connectivity index (χ3v) is 3.78. The lowest BCUT2D eigenvalue weighted by molar-refractivity contribution is 0.326. The van der Waals surface area contributed by atoms with E-state index in [4.69, 9.17) is 9.47 Å². The summed E-state index contributed by atoms with van der Waals surface area (Å²) in [6.07, 6.45) is 2.00. The summed E-state index contributed by atoms with van der Waals surface area (Å²) < 4.78 is 11.1. The molecule has 0 saturated carbocycles. The van der Waals surface area contributed by atoms with Crippen LogP contribution in [0.1, 0.15) is 13.8 Å². The third kappa shape index (κ3) is 3.71. The monoisotopic (exact) mass is 336 g/mol. The number of para-hydroxylation sites is 1. The molecule has 0 fully saturated rings. The molecule has 25 heavy (non-hydrogen) atoms. The van der Waals surface area contributed by atoms with Crippen LogP contribution in [0.2, 0.25) is 0 Å². The summed E-state index contributed by atoms with van der Waals surface area (Å²) in [6, 6.07) is 12.7. The van der Waals surface area contributed by atoms with Crippen molar-refractivity contribution < 1.29 is 9.47 Å². The number of ether oxygens (including phenoxy) is 2. The first-order valence-corrected chi connectivity index (χ1v) is 8.02. The van der Waals surface area contributed by atoms with Crippen molar-refractivity contribution in [2.45, 2.75) is 13.8 Å². The molecule has 0 radical (unpaired) electrons. The standard InChI is InChI=1S/C20H20N2O3/c1-13(2)10-11-25-17-9-8-14(12-18(17)24-3)19-21-16-7-5-4-6-15(16)20(23)22-19/h4-10,12H,11H2,1-3H3,(H,21,22,23). The second-order valence-corrected chi connectivity index (χ2v) is 5.89. The molecule has 0 unspecified atom stereocenters. The number of rotatable bonds is 5. The second-order valence-electron chi connectivity index (χ2n) is 5.89. The van der Waals surface area contributed by atoms with Crippen molar-refractivity contribution in [2.24, 2.45) is 0 Å². The van der Waals surface area contributed by atoms with E-state index >= 15 is 0 Å². The van der Waals surface area contributed by atoms with E-state index in [2.05, 4.69) is 9.97 Å². The Kier molecular flexibility index (Phi) is 4.84. The van der Waals surface area contributed by atoms with Gasteiger partial charge in [-0.3, -0.25) is 4.79 Å². The molecule has 1 aromatic heterocycles. The third-order valence-electron chi connectivity index (χ3n) is 3.78. The van der Waals surface area contributed by atoms with E-state index in [1.807, 2.05) is 56.3 Å². The minimum absolute atomic E-state index is 0.163. The number of aromatic nitrogens is 2. The number of fused-ring (bicyclic) bond motifs is 1. The number of nitrogens with one attached hydrogen (secondary N) is 1. The highest BCUT2D eigenvalue weighted by atomic mass is 16.5. The normalized spacial score (nSPS) is 10.5. The SMILES string of the molecule is COc1cc(-c2nc3ccccc3c(=O)[nH]2)ccc1OCC=C(C)C. The van der Waals surface area contributed by atoms with E-state index in [9.17, 15) is 4.79 Å². The first-order chi connectivity index (χ1) is 12.1. The molecule has 1 N–H and O–H groups in total. The number of nitrogens with zero attached hydrogens (tertiary/aromatic N) is 1. The van der Waals surface area contributed by atoms with Gasteiger partial charge in [0.05, 0.1) is 18.0 Å². The maximum absolute atomic E-state index is 12.2. The van der Waals surface area contributed by atoms with Gasteiger partial charge in [-0.05, 0) is 50.3 Å². The molecule has 0 atom stereocenters. The topological polar surface area (TPSA) is 64.2 Å². The van der Waals surface area contributed by atoms with Crippen molar-refractivity contribution in [3.8, 4) is 22.9 Å². The molecular weight excluding hydrogens is 316 g/mol. The average Bonchev–Trinajstić information content (AvgIpc) is 2.61. The molecule has 2 aromatic carbocycles. The van der Waals surface area contributed by atoms with Crippen LogP contribution in [-0.4, -0.2) is 23.7 Å². The van der Waals surface area contributed by atoms with E-state index in [-0.39, 0.29) is 5.56 Å². The highest BCUT2D eigenvalue weighted by Crippen LogP contribution is 2.31. The van der Waals surface area contributed by atoms with Crippen LogP contribution < -0.4 is 15.0 Å². The van der Waals surface area contributed by atoms with E-state index in [0.717, 1.165) is 5.56 Å². The average molecular weight is 336 g/mol. The van der Waals surface area contributed by atoms with Gasteiger partial charge in [0.1, 0.15) is 12.4 Å². The Morgan fingerprint density at radius 3 is 2.72 bits per heavy atom. The lowest BCUT2D eigenvalue weighted by Gasteiger charge is -2.11. The van der Waals surface area contributed by atoms with Crippen LogP contribution in [0.15, 0.2) is 58.9 Å². The van der Waals surface area contributed by atoms with Gasteiger partial charge >= 0.3 is 0 Å². The predicted molar refractivity (Wildman–Crippen MR) is 99.3 cm³/mol. The van der Waals surface area contributed by atoms with Gasteiger partial charge in [0.2, 0.25) is 0 Å². The summed E-state index contributed by atoms with van der Waals surface area (Å²) in [5.41, 5.74) is 2.44. The van der Waals surface area contributed by atoms with Crippen LogP contribution in [0, 0.1) is 0 Å². The first-order valence-electron chi connectivity index (χ1n) is 8.02. The molecular formula is C20H20N2O3. The second kappa shape index (κ2) is 7.21. The highest BCUT2D eigenvalue weighted by Gasteiger charge is 2.10. The molecule has 3 rings (SSSR count). The number of benzene rings is 2. The van der Waals surface area contributed by atoms with Gasteiger partial charge in [-0.25, -0.2) is 4.98 Å². The fraction of sp³-hybridized carbons (Fsp3) is 0.200. The van der Waals surface area contributed by atoms with Gasteiger partial charge in [-0.2, -0.15) is 0 Å². The van der Waals surface area contributed by atoms with Crippen molar-refractivity contribution in [3.63, 3.8) is 0 Å². The minimum Gasteiger partial charge on any atom is -0.493 e. The summed E-state index contributed by atoms with van der Waals surface area (Å²) in [7, 11) is 1.59. The lowest BCUT2D eigenvalue weighted by atomic mass is 10.1. The fourth-order valence-electron chi connectivity index (χ4n) is 2.46. The molecule has 0 aliphatic heterocycles. The molecule has 1 heterocycles. The highest BCUT2D eigenvalue weighted by molar-refractivity contribution is 5.79. The van der Waals surface area contributed by atoms with Crippen molar-refractivity contribution in [3.05, 3.63) is 64.5 Å². The maximum atomic E-state index is 12.2. The predicted octanol–water partition coefficient (Wildman–Crippen LogP) is 3.94. The van der Waals surface area contributed by atoms with Gasteiger partial charge in [0.25, 0.3) is 5.56 Å².